The molecule has 2 aromatic rings. The number of morpholine rings is 1. The first-order valence-corrected chi connectivity index (χ1v) is 11.8. The lowest BCUT2D eigenvalue weighted by Gasteiger charge is -2.34. The van der Waals surface area contributed by atoms with Gasteiger partial charge in [-0.2, -0.15) is 4.31 Å². The maximum absolute atomic E-state index is 13.0. The van der Waals surface area contributed by atoms with E-state index in [1.54, 1.807) is 7.05 Å². The van der Waals surface area contributed by atoms with Gasteiger partial charge in [0.1, 0.15) is 0 Å². The van der Waals surface area contributed by atoms with Crippen molar-refractivity contribution in [1.29, 1.82) is 0 Å². The monoisotopic (exact) mass is 460 g/mol. The SMILES string of the molecule is C[C@H]1CN(S(=O)(=O)c2cccc(C(=O)OCC(=O)N(C)Cc3ccccc3)c2)C[C@H](C)O1. The third-order valence-electron chi connectivity index (χ3n) is 5.11. The topological polar surface area (TPSA) is 93.2 Å². The van der Waals surface area contributed by atoms with Crippen molar-refractivity contribution in [2.75, 3.05) is 26.7 Å². The lowest BCUT2D eigenvalue weighted by molar-refractivity contribution is -0.133. The van der Waals surface area contributed by atoms with Crippen LogP contribution in [-0.4, -0.2) is 68.5 Å². The molecular formula is C23H28N2O6S. The first-order chi connectivity index (χ1) is 15.2. The highest BCUT2D eigenvalue weighted by Gasteiger charge is 2.32. The van der Waals surface area contributed by atoms with Crippen LogP contribution >= 0.6 is 0 Å². The van der Waals surface area contributed by atoms with Gasteiger partial charge in [-0.15, -0.1) is 0 Å². The minimum atomic E-state index is -3.79. The fourth-order valence-electron chi connectivity index (χ4n) is 3.53. The van der Waals surface area contributed by atoms with Crippen molar-refractivity contribution >= 4 is 21.9 Å². The van der Waals surface area contributed by atoms with Gasteiger partial charge in [-0.05, 0) is 37.6 Å². The number of ether oxygens (including phenoxy) is 2. The molecule has 8 nitrogen and oxygen atoms in total. The van der Waals surface area contributed by atoms with E-state index in [4.69, 9.17) is 9.47 Å². The highest BCUT2D eigenvalue weighted by Crippen LogP contribution is 2.22. The van der Waals surface area contributed by atoms with Crippen LogP contribution in [0.4, 0.5) is 0 Å². The minimum Gasteiger partial charge on any atom is -0.452 e. The molecule has 0 radical (unpaired) electrons. The molecule has 0 unspecified atom stereocenters. The number of rotatable bonds is 7. The summed E-state index contributed by atoms with van der Waals surface area (Å²) in [5.41, 5.74) is 1.03. The van der Waals surface area contributed by atoms with Crippen molar-refractivity contribution in [3.63, 3.8) is 0 Å². The number of carbonyl (C=O) groups excluding carboxylic acids is 2. The Morgan fingerprint density at radius 1 is 1.06 bits per heavy atom. The van der Waals surface area contributed by atoms with Crippen molar-refractivity contribution in [2.45, 2.75) is 37.5 Å². The summed E-state index contributed by atoms with van der Waals surface area (Å²) in [6.07, 6.45) is -0.443. The molecule has 32 heavy (non-hydrogen) atoms. The Morgan fingerprint density at radius 2 is 1.72 bits per heavy atom. The summed E-state index contributed by atoms with van der Waals surface area (Å²) >= 11 is 0. The van der Waals surface area contributed by atoms with E-state index < -0.39 is 22.6 Å². The summed E-state index contributed by atoms with van der Waals surface area (Å²) in [4.78, 5) is 26.2. The van der Waals surface area contributed by atoms with Crippen LogP contribution in [0.25, 0.3) is 0 Å². The van der Waals surface area contributed by atoms with Gasteiger partial charge in [0, 0.05) is 26.7 Å². The predicted octanol–water partition coefficient (Wildman–Crippen LogP) is 2.30. The number of amides is 1. The maximum atomic E-state index is 13.0. The van der Waals surface area contributed by atoms with Crippen LogP contribution in [0.3, 0.4) is 0 Å². The molecule has 1 fully saturated rings. The van der Waals surface area contributed by atoms with E-state index in [0.717, 1.165) is 5.56 Å². The van der Waals surface area contributed by atoms with Crippen LogP contribution in [0, 0.1) is 0 Å². The number of hydrogen-bond donors (Lipinski definition) is 0. The number of nitrogens with zero attached hydrogens (tertiary/aromatic N) is 2. The van der Waals surface area contributed by atoms with Gasteiger partial charge in [0.05, 0.1) is 22.7 Å². The fourth-order valence-corrected chi connectivity index (χ4v) is 5.16. The molecule has 1 aliphatic heterocycles. The molecule has 172 valence electrons. The molecular weight excluding hydrogens is 432 g/mol. The van der Waals surface area contributed by atoms with E-state index in [0.29, 0.717) is 6.54 Å². The number of carbonyl (C=O) groups is 2. The summed E-state index contributed by atoms with van der Waals surface area (Å²) in [7, 11) is -2.17. The smallest absolute Gasteiger partial charge is 0.338 e. The Kier molecular flexibility index (Phi) is 7.65. The van der Waals surface area contributed by atoms with Crippen molar-refractivity contribution in [3.05, 3.63) is 65.7 Å². The highest BCUT2D eigenvalue weighted by molar-refractivity contribution is 7.89. The molecule has 0 bridgehead atoms. The Morgan fingerprint density at radius 3 is 2.38 bits per heavy atom. The highest BCUT2D eigenvalue weighted by atomic mass is 32.2. The van der Waals surface area contributed by atoms with E-state index in [9.17, 15) is 18.0 Å². The molecule has 1 heterocycles. The Bertz CT molecular complexity index is 1050. The average Bonchev–Trinajstić information content (AvgIpc) is 2.77. The Labute approximate surface area is 188 Å². The molecule has 0 spiro atoms. The number of esters is 1. The zero-order valence-corrected chi connectivity index (χ0v) is 19.2. The van der Waals surface area contributed by atoms with Gasteiger partial charge in [0.25, 0.3) is 5.91 Å². The molecule has 3 rings (SSSR count). The molecule has 9 heteroatoms. The zero-order chi connectivity index (χ0) is 23.3. The van der Waals surface area contributed by atoms with Crippen LogP contribution in [0.15, 0.2) is 59.5 Å². The standard InChI is InChI=1S/C23H28N2O6S/c1-17-13-25(14-18(2)31-17)32(28,29)21-11-7-10-20(12-21)23(27)30-16-22(26)24(3)15-19-8-5-4-6-9-19/h4-12,17-18H,13-16H2,1-3H3/t17-,18-/m0/s1. The van der Waals surface area contributed by atoms with E-state index >= 15 is 0 Å². The van der Waals surface area contributed by atoms with Crippen LogP contribution in [0.2, 0.25) is 0 Å². The molecule has 2 aromatic carbocycles. The van der Waals surface area contributed by atoms with Crippen molar-refractivity contribution in [3.8, 4) is 0 Å². The van der Waals surface area contributed by atoms with E-state index in [1.165, 1.54) is 33.5 Å². The Hall–Kier alpha value is -2.75. The molecule has 1 amide bonds. The third-order valence-corrected chi connectivity index (χ3v) is 6.94. The van der Waals surface area contributed by atoms with E-state index in [1.807, 2.05) is 44.2 Å². The molecule has 1 saturated heterocycles. The van der Waals surface area contributed by atoms with Crippen LogP contribution < -0.4 is 0 Å². The van der Waals surface area contributed by atoms with E-state index in [-0.39, 0.29) is 41.7 Å². The van der Waals surface area contributed by atoms with Crippen LogP contribution in [0.5, 0.6) is 0 Å². The van der Waals surface area contributed by atoms with Gasteiger partial charge in [-0.1, -0.05) is 36.4 Å². The first kappa shape index (κ1) is 23.9. The first-order valence-electron chi connectivity index (χ1n) is 10.4. The number of benzene rings is 2. The largest absolute Gasteiger partial charge is 0.452 e. The molecule has 0 saturated carbocycles. The lowest BCUT2D eigenvalue weighted by atomic mass is 10.2. The van der Waals surface area contributed by atoms with Crippen molar-refractivity contribution in [2.24, 2.45) is 0 Å². The second-order valence-corrected chi connectivity index (χ2v) is 9.86. The average molecular weight is 461 g/mol. The van der Waals surface area contributed by atoms with Gasteiger partial charge in [0.2, 0.25) is 10.0 Å². The van der Waals surface area contributed by atoms with E-state index in [2.05, 4.69) is 0 Å². The number of hydrogen-bond acceptors (Lipinski definition) is 6. The van der Waals surface area contributed by atoms with Gasteiger partial charge in [-0.3, -0.25) is 4.79 Å². The molecule has 1 aliphatic rings. The van der Waals surface area contributed by atoms with Gasteiger partial charge < -0.3 is 14.4 Å². The Balaban J connectivity index is 1.63. The van der Waals surface area contributed by atoms with Gasteiger partial charge in [0.15, 0.2) is 6.61 Å². The summed E-state index contributed by atoms with van der Waals surface area (Å²) < 4.78 is 38.2. The summed E-state index contributed by atoms with van der Waals surface area (Å²) in [6, 6.07) is 15.1. The molecule has 0 N–H and O–H groups in total. The number of sulfonamides is 1. The van der Waals surface area contributed by atoms with Gasteiger partial charge >= 0.3 is 5.97 Å². The van der Waals surface area contributed by atoms with Crippen molar-refractivity contribution < 1.29 is 27.5 Å². The molecule has 2 atom stereocenters. The normalized spacial score (nSPS) is 19.3. The quantitative estimate of drug-likeness (QED) is 0.589. The lowest BCUT2D eigenvalue weighted by Crippen LogP contribution is -2.48. The summed E-state index contributed by atoms with van der Waals surface area (Å²) in [5.74, 6) is -1.12. The van der Waals surface area contributed by atoms with Crippen LogP contribution in [-0.2, 0) is 30.8 Å². The third kappa shape index (κ3) is 5.93. The number of likely N-dealkylation sites (N-methyl/N-ethyl adjacent to an activating group) is 1. The minimum absolute atomic E-state index is 0.000715. The second-order valence-electron chi connectivity index (χ2n) is 7.92. The maximum Gasteiger partial charge on any atom is 0.338 e. The molecule has 0 aliphatic carbocycles. The fraction of sp³-hybridized carbons (Fsp3) is 0.391. The van der Waals surface area contributed by atoms with Crippen molar-refractivity contribution in [1.82, 2.24) is 9.21 Å². The predicted molar refractivity (Wildman–Crippen MR) is 118 cm³/mol. The summed E-state index contributed by atoms with van der Waals surface area (Å²) in [5, 5.41) is 0. The molecule has 0 aromatic heterocycles. The summed E-state index contributed by atoms with van der Waals surface area (Å²) in [6.45, 7) is 4.07. The van der Waals surface area contributed by atoms with Gasteiger partial charge in [-0.25, -0.2) is 13.2 Å². The zero-order valence-electron chi connectivity index (χ0n) is 18.4. The second kappa shape index (κ2) is 10.2. The van der Waals surface area contributed by atoms with Crippen LogP contribution in [0.1, 0.15) is 29.8 Å².